The van der Waals surface area contributed by atoms with E-state index in [0.717, 1.165) is 0 Å². The minimum atomic E-state index is -3.59. The molecule has 20 heavy (non-hydrogen) atoms. The van der Waals surface area contributed by atoms with Crippen LogP contribution in [0.5, 0.6) is 0 Å². The highest BCUT2D eigenvalue weighted by molar-refractivity contribution is 9.10. The Balaban J connectivity index is 2.13. The van der Waals surface area contributed by atoms with Crippen LogP contribution in [0.25, 0.3) is 0 Å². The smallest absolute Gasteiger partial charge is 0.245 e. The van der Waals surface area contributed by atoms with Gasteiger partial charge in [0.05, 0.1) is 12.6 Å². The van der Waals surface area contributed by atoms with Crippen molar-refractivity contribution in [2.45, 2.75) is 43.4 Å². The molecule has 1 saturated heterocycles. The molecule has 2 N–H and O–H groups in total. The molecule has 1 fully saturated rings. The molecular weight excluding hydrogens is 348 g/mol. The van der Waals surface area contributed by atoms with Crippen LogP contribution in [0.3, 0.4) is 0 Å². The summed E-state index contributed by atoms with van der Waals surface area (Å²) in [5, 5.41) is 2.92. The molecule has 0 saturated carbocycles. The lowest BCUT2D eigenvalue weighted by Gasteiger charge is -2.27. The monoisotopic (exact) mass is 366 g/mol. The molecule has 6 nitrogen and oxygen atoms in total. The number of rotatable bonds is 5. The van der Waals surface area contributed by atoms with Crippen molar-refractivity contribution < 1.29 is 17.6 Å². The van der Waals surface area contributed by atoms with Gasteiger partial charge in [0, 0.05) is 18.7 Å². The van der Waals surface area contributed by atoms with E-state index in [-0.39, 0.29) is 21.7 Å². The van der Waals surface area contributed by atoms with Crippen molar-refractivity contribution >= 4 is 26.0 Å². The van der Waals surface area contributed by atoms with Gasteiger partial charge in [-0.1, -0.05) is 0 Å². The van der Waals surface area contributed by atoms with E-state index in [4.69, 9.17) is 9.15 Å². The molecule has 1 aromatic rings. The van der Waals surface area contributed by atoms with Gasteiger partial charge in [0.1, 0.15) is 10.7 Å². The van der Waals surface area contributed by atoms with Crippen molar-refractivity contribution in [3.8, 4) is 0 Å². The quantitative estimate of drug-likeness (QED) is 0.827. The van der Waals surface area contributed by atoms with Gasteiger partial charge >= 0.3 is 0 Å². The van der Waals surface area contributed by atoms with Crippen LogP contribution in [0.2, 0.25) is 0 Å². The van der Waals surface area contributed by atoms with Gasteiger partial charge in [-0.15, -0.1) is 0 Å². The van der Waals surface area contributed by atoms with Crippen molar-refractivity contribution in [2.75, 3.05) is 13.7 Å². The topological polar surface area (TPSA) is 80.6 Å². The predicted octanol–water partition coefficient (Wildman–Crippen LogP) is 1.61. The van der Waals surface area contributed by atoms with Crippen molar-refractivity contribution in [3.63, 3.8) is 0 Å². The Labute approximate surface area is 127 Å². The SMILES string of the molecule is CNCc1cc(S(=O)(=O)NC2CCOC(C)C2)c(Br)o1. The van der Waals surface area contributed by atoms with Crippen LogP contribution >= 0.6 is 15.9 Å². The largest absolute Gasteiger partial charge is 0.452 e. The maximum atomic E-state index is 12.4. The van der Waals surface area contributed by atoms with Gasteiger partial charge < -0.3 is 14.5 Å². The molecule has 0 aromatic carbocycles. The van der Waals surface area contributed by atoms with Crippen LogP contribution in [0.15, 0.2) is 20.0 Å². The lowest BCUT2D eigenvalue weighted by molar-refractivity contribution is 0.0173. The third-order valence-electron chi connectivity index (χ3n) is 3.15. The Hall–Kier alpha value is -0.410. The average molecular weight is 367 g/mol. The van der Waals surface area contributed by atoms with Crippen molar-refractivity contribution in [2.24, 2.45) is 0 Å². The van der Waals surface area contributed by atoms with Crippen LogP contribution < -0.4 is 10.0 Å². The van der Waals surface area contributed by atoms with E-state index < -0.39 is 10.0 Å². The first-order valence-corrected chi connectivity index (χ1v) is 8.76. The highest BCUT2D eigenvalue weighted by atomic mass is 79.9. The zero-order valence-corrected chi connectivity index (χ0v) is 13.9. The first-order valence-electron chi connectivity index (χ1n) is 6.49. The molecule has 2 rings (SSSR count). The summed E-state index contributed by atoms with van der Waals surface area (Å²) in [7, 11) is -1.82. The summed E-state index contributed by atoms with van der Waals surface area (Å²) in [4.78, 5) is 0.141. The summed E-state index contributed by atoms with van der Waals surface area (Å²) in [6.45, 7) is 2.99. The van der Waals surface area contributed by atoms with Gasteiger partial charge in [-0.3, -0.25) is 0 Å². The Morgan fingerprint density at radius 3 is 2.90 bits per heavy atom. The van der Waals surface area contributed by atoms with E-state index in [9.17, 15) is 8.42 Å². The molecule has 8 heteroatoms. The second-order valence-electron chi connectivity index (χ2n) is 4.90. The van der Waals surface area contributed by atoms with E-state index in [2.05, 4.69) is 26.0 Å². The molecule has 2 atom stereocenters. The zero-order valence-electron chi connectivity index (χ0n) is 11.5. The van der Waals surface area contributed by atoms with Gasteiger partial charge in [-0.25, -0.2) is 13.1 Å². The van der Waals surface area contributed by atoms with Crippen LogP contribution in [0.1, 0.15) is 25.5 Å². The fraction of sp³-hybridized carbons (Fsp3) is 0.667. The number of halogens is 1. The molecular formula is C12H19BrN2O4S. The van der Waals surface area contributed by atoms with Gasteiger partial charge in [-0.2, -0.15) is 0 Å². The van der Waals surface area contributed by atoms with Crippen LogP contribution in [-0.2, 0) is 21.3 Å². The minimum Gasteiger partial charge on any atom is -0.452 e. The maximum absolute atomic E-state index is 12.4. The van der Waals surface area contributed by atoms with Gasteiger partial charge in [-0.05, 0) is 42.7 Å². The third-order valence-corrected chi connectivity index (χ3v) is 5.53. The predicted molar refractivity (Wildman–Crippen MR) is 77.9 cm³/mol. The maximum Gasteiger partial charge on any atom is 0.245 e. The molecule has 1 aliphatic rings. The minimum absolute atomic E-state index is 0.0732. The summed E-state index contributed by atoms with van der Waals surface area (Å²) in [6.07, 6.45) is 1.43. The molecule has 114 valence electrons. The molecule has 0 bridgehead atoms. The highest BCUT2D eigenvalue weighted by Gasteiger charge is 2.28. The summed E-state index contributed by atoms with van der Waals surface area (Å²) < 4.78 is 38.5. The molecule has 0 amide bonds. The molecule has 0 radical (unpaired) electrons. The summed E-state index contributed by atoms with van der Waals surface area (Å²) in [5.41, 5.74) is 0. The lowest BCUT2D eigenvalue weighted by Crippen LogP contribution is -2.41. The zero-order chi connectivity index (χ0) is 14.8. The number of sulfonamides is 1. The third kappa shape index (κ3) is 3.82. The lowest BCUT2D eigenvalue weighted by atomic mass is 10.1. The second-order valence-corrected chi connectivity index (χ2v) is 7.31. The normalized spacial score (nSPS) is 23.9. The molecule has 0 spiro atoms. The Bertz CT molecular complexity index is 558. The van der Waals surface area contributed by atoms with Crippen LogP contribution in [-0.4, -0.2) is 34.2 Å². The van der Waals surface area contributed by atoms with Crippen LogP contribution in [0, 0.1) is 0 Å². The first kappa shape index (κ1) is 16.0. The number of furan rings is 1. The Morgan fingerprint density at radius 1 is 1.50 bits per heavy atom. The first-order chi connectivity index (χ1) is 9.42. The fourth-order valence-electron chi connectivity index (χ4n) is 2.23. The Morgan fingerprint density at radius 2 is 2.25 bits per heavy atom. The van der Waals surface area contributed by atoms with E-state index in [1.807, 2.05) is 6.92 Å². The van der Waals surface area contributed by atoms with E-state index >= 15 is 0 Å². The average Bonchev–Trinajstić information content (AvgIpc) is 2.71. The number of hydrogen-bond acceptors (Lipinski definition) is 5. The summed E-state index contributed by atoms with van der Waals surface area (Å²) in [6, 6.07) is 1.43. The van der Waals surface area contributed by atoms with E-state index in [0.29, 0.717) is 31.8 Å². The number of ether oxygens (including phenoxy) is 1. The van der Waals surface area contributed by atoms with Gasteiger partial charge in [0.2, 0.25) is 10.0 Å². The van der Waals surface area contributed by atoms with Crippen molar-refractivity contribution in [3.05, 3.63) is 16.5 Å². The summed E-state index contributed by atoms with van der Waals surface area (Å²) in [5.74, 6) is 0.570. The van der Waals surface area contributed by atoms with Gasteiger partial charge in [0.25, 0.3) is 0 Å². The van der Waals surface area contributed by atoms with Crippen molar-refractivity contribution in [1.29, 1.82) is 0 Å². The van der Waals surface area contributed by atoms with Gasteiger partial charge in [0.15, 0.2) is 4.67 Å². The number of nitrogens with one attached hydrogen (secondary N) is 2. The molecule has 2 unspecified atom stereocenters. The highest BCUT2D eigenvalue weighted by Crippen LogP contribution is 2.27. The van der Waals surface area contributed by atoms with E-state index in [1.54, 1.807) is 7.05 Å². The number of hydrogen-bond donors (Lipinski definition) is 2. The standard InChI is InChI=1S/C12H19BrN2O4S/c1-8-5-9(3-4-18-8)15-20(16,17)11-6-10(7-14-2)19-12(11)13/h6,8-9,14-15H,3-5,7H2,1-2H3. The Kier molecular flexibility index (Phi) is 5.25. The van der Waals surface area contributed by atoms with E-state index in [1.165, 1.54) is 6.07 Å². The van der Waals surface area contributed by atoms with Crippen molar-refractivity contribution in [1.82, 2.24) is 10.0 Å². The second kappa shape index (κ2) is 6.57. The summed E-state index contributed by atoms with van der Waals surface area (Å²) >= 11 is 3.16. The molecule has 1 aromatic heterocycles. The molecule has 0 aliphatic carbocycles. The van der Waals surface area contributed by atoms with Crippen LogP contribution in [0.4, 0.5) is 0 Å². The molecule has 1 aliphatic heterocycles. The molecule has 2 heterocycles. The fourth-order valence-corrected chi connectivity index (χ4v) is 4.51.